The van der Waals surface area contributed by atoms with Gasteiger partial charge in [-0.2, -0.15) is 0 Å². The van der Waals surface area contributed by atoms with Gasteiger partial charge in [-0.25, -0.2) is 4.39 Å². The molecule has 0 atom stereocenters. The van der Waals surface area contributed by atoms with Crippen molar-refractivity contribution in [3.05, 3.63) is 65.5 Å². The van der Waals surface area contributed by atoms with Crippen molar-refractivity contribution in [3.8, 4) is 11.5 Å². The van der Waals surface area contributed by atoms with Crippen LogP contribution in [0.5, 0.6) is 11.5 Å². The van der Waals surface area contributed by atoms with Crippen LogP contribution in [0.25, 0.3) is 6.08 Å². The van der Waals surface area contributed by atoms with E-state index < -0.39 is 5.91 Å². The number of ether oxygens (including phenoxy) is 2. The zero-order chi connectivity index (χ0) is 19.6. The van der Waals surface area contributed by atoms with Gasteiger partial charge in [0.1, 0.15) is 5.82 Å². The van der Waals surface area contributed by atoms with Crippen molar-refractivity contribution in [1.29, 1.82) is 0 Å². The van der Waals surface area contributed by atoms with E-state index in [1.54, 1.807) is 42.5 Å². The van der Waals surface area contributed by atoms with E-state index in [1.807, 2.05) is 0 Å². The number of rotatable bonds is 9. The summed E-state index contributed by atoms with van der Waals surface area (Å²) in [6, 6.07) is 11.5. The zero-order valence-electron chi connectivity index (χ0n) is 14.9. The van der Waals surface area contributed by atoms with Gasteiger partial charge in [0.25, 0.3) is 5.91 Å². The summed E-state index contributed by atoms with van der Waals surface area (Å²) in [7, 11) is 1.47. The van der Waals surface area contributed by atoms with Crippen molar-refractivity contribution in [2.45, 2.75) is 6.42 Å². The smallest absolute Gasteiger partial charge is 0.255 e. The number of primary amides is 1. The Morgan fingerprint density at radius 2 is 1.96 bits per heavy atom. The van der Waals surface area contributed by atoms with Gasteiger partial charge in [0.15, 0.2) is 18.1 Å². The maximum Gasteiger partial charge on any atom is 0.255 e. The number of halogens is 1. The molecule has 0 unspecified atom stereocenters. The van der Waals surface area contributed by atoms with Crippen LogP contribution >= 0.6 is 0 Å². The molecule has 0 aliphatic rings. The second-order valence-corrected chi connectivity index (χ2v) is 5.63. The minimum atomic E-state index is -0.590. The Hall–Kier alpha value is -3.35. The molecule has 2 aromatic rings. The summed E-state index contributed by atoms with van der Waals surface area (Å²) >= 11 is 0. The number of carbonyl (C=O) groups excluding carboxylic acids is 2. The topological polar surface area (TPSA) is 90.7 Å². The molecule has 7 heteroatoms. The third-order valence-electron chi connectivity index (χ3n) is 3.64. The Labute approximate surface area is 156 Å². The molecule has 0 saturated heterocycles. The number of benzene rings is 2. The maximum atomic E-state index is 13.5. The number of hydrogen-bond acceptors (Lipinski definition) is 4. The van der Waals surface area contributed by atoms with Crippen LogP contribution in [0.4, 0.5) is 4.39 Å². The summed E-state index contributed by atoms with van der Waals surface area (Å²) < 4.78 is 24.0. The van der Waals surface area contributed by atoms with Gasteiger partial charge in [-0.05, 0) is 41.8 Å². The van der Waals surface area contributed by atoms with Gasteiger partial charge in [-0.15, -0.1) is 0 Å². The first-order valence-electron chi connectivity index (χ1n) is 8.28. The van der Waals surface area contributed by atoms with Gasteiger partial charge < -0.3 is 20.5 Å². The molecule has 0 heterocycles. The summed E-state index contributed by atoms with van der Waals surface area (Å²) in [6.45, 7) is 0.0727. The highest BCUT2D eigenvalue weighted by molar-refractivity contribution is 5.91. The summed E-state index contributed by atoms with van der Waals surface area (Å²) in [5, 5.41) is 2.70. The maximum absolute atomic E-state index is 13.5. The van der Waals surface area contributed by atoms with Crippen molar-refractivity contribution >= 4 is 17.9 Å². The molecule has 2 rings (SSSR count). The quantitative estimate of drug-likeness (QED) is 0.660. The van der Waals surface area contributed by atoms with Crippen LogP contribution in [0.15, 0.2) is 48.5 Å². The molecule has 27 heavy (non-hydrogen) atoms. The lowest BCUT2D eigenvalue weighted by Crippen LogP contribution is -2.23. The molecule has 0 bridgehead atoms. The molecule has 3 N–H and O–H groups in total. The number of methoxy groups -OCH3 is 1. The number of hydrogen-bond donors (Lipinski definition) is 2. The van der Waals surface area contributed by atoms with Crippen molar-refractivity contribution in [2.75, 3.05) is 20.3 Å². The fourth-order valence-electron chi connectivity index (χ4n) is 2.31. The lowest BCUT2D eigenvalue weighted by molar-refractivity contribution is -0.120. The summed E-state index contributed by atoms with van der Waals surface area (Å²) in [6.07, 6.45) is 3.39. The minimum absolute atomic E-state index is 0.254. The fourth-order valence-corrected chi connectivity index (χ4v) is 2.31. The molecule has 0 aromatic heterocycles. The first-order valence-corrected chi connectivity index (χ1v) is 8.28. The molecule has 0 aliphatic heterocycles. The van der Waals surface area contributed by atoms with E-state index in [-0.39, 0.29) is 18.3 Å². The van der Waals surface area contributed by atoms with Crippen molar-refractivity contribution in [3.63, 3.8) is 0 Å². The molecule has 0 aliphatic carbocycles. The van der Waals surface area contributed by atoms with Crippen LogP contribution in [-0.2, 0) is 16.0 Å². The first-order chi connectivity index (χ1) is 13.0. The van der Waals surface area contributed by atoms with E-state index in [9.17, 15) is 14.0 Å². The summed E-state index contributed by atoms with van der Waals surface area (Å²) in [5.41, 5.74) is 6.31. The molecule has 6 nitrogen and oxygen atoms in total. The summed E-state index contributed by atoms with van der Waals surface area (Å²) in [4.78, 5) is 22.7. The number of nitrogens with two attached hydrogens (primary N) is 1. The Balaban J connectivity index is 1.89. The molecule has 2 aromatic carbocycles. The van der Waals surface area contributed by atoms with Crippen molar-refractivity contribution < 1.29 is 23.5 Å². The normalized spacial score (nSPS) is 10.6. The molecular formula is C20H21FN2O4. The monoisotopic (exact) mass is 372 g/mol. The van der Waals surface area contributed by atoms with Crippen LogP contribution in [0.1, 0.15) is 11.1 Å². The predicted octanol–water partition coefficient (Wildman–Crippen LogP) is 2.07. The van der Waals surface area contributed by atoms with E-state index in [0.717, 1.165) is 0 Å². The average molecular weight is 372 g/mol. The molecular weight excluding hydrogens is 351 g/mol. The van der Waals surface area contributed by atoms with Gasteiger partial charge in [0.2, 0.25) is 5.91 Å². The number of nitrogens with one attached hydrogen (secondary N) is 1. The van der Waals surface area contributed by atoms with E-state index in [0.29, 0.717) is 35.6 Å². The summed E-state index contributed by atoms with van der Waals surface area (Å²) in [5.74, 6) is -0.373. The van der Waals surface area contributed by atoms with Gasteiger partial charge in [0, 0.05) is 12.6 Å². The van der Waals surface area contributed by atoms with Gasteiger partial charge in [0.05, 0.1) is 7.11 Å². The largest absolute Gasteiger partial charge is 0.493 e. The standard InChI is InChI=1S/C20H21FN2O4/c1-26-18-12-14(6-8-17(18)27-13-19(22)24)7-9-20(25)23-11-10-15-4-2-3-5-16(15)21/h2-9,12H,10-11,13H2,1H3,(H2,22,24)(H,23,25)/b9-7+. The Morgan fingerprint density at radius 3 is 2.67 bits per heavy atom. The predicted molar refractivity (Wildman–Crippen MR) is 99.8 cm³/mol. The highest BCUT2D eigenvalue weighted by atomic mass is 19.1. The third-order valence-corrected chi connectivity index (χ3v) is 3.64. The van der Waals surface area contributed by atoms with E-state index in [1.165, 1.54) is 19.3 Å². The first kappa shape index (κ1) is 20.0. The Kier molecular flexibility index (Phi) is 7.37. The Morgan fingerprint density at radius 1 is 1.19 bits per heavy atom. The lowest BCUT2D eigenvalue weighted by Gasteiger charge is -2.10. The van der Waals surface area contributed by atoms with Crippen LogP contribution in [0.3, 0.4) is 0 Å². The molecule has 0 fully saturated rings. The van der Waals surface area contributed by atoms with Gasteiger partial charge in [-0.1, -0.05) is 24.3 Å². The molecule has 142 valence electrons. The fraction of sp³-hybridized carbons (Fsp3) is 0.200. The minimum Gasteiger partial charge on any atom is -0.493 e. The highest BCUT2D eigenvalue weighted by Gasteiger charge is 2.07. The molecule has 2 amide bonds. The highest BCUT2D eigenvalue weighted by Crippen LogP contribution is 2.28. The SMILES string of the molecule is COc1cc(/C=C/C(=O)NCCc2ccccc2F)ccc1OCC(N)=O. The number of amides is 2. The van der Waals surface area contributed by atoms with Crippen molar-refractivity contribution in [1.82, 2.24) is 5.32 Å². The van der Waals surface area contributed by atoms with Crippen LogP contribution < -0.4 is 20.5 Å². The van der Waals surface area contributed by atoms with E-state index >= 15 is 0 Å². The molecule has 0 spiro atoms. The second kappa shape index (κ2) is 9.96. The van der Waals surface area contributed by atoms with Crippen molar-refractivity contribution in [2.24, 2.45) is 5.73 Å². The van der Waals surface area contributed by atoms with E-state index in [2.05, 4.69) is 5.32 Å². The third kappa shape index (κ3) is 6.47. The lowest BCUT2D eigenvalue weighted by atomic mass is 10.1. The van der Waals surface area contributed by atoms with Crippen LogP contribution in [0.2, 0.25) is 0 Å². The van der Waals surface area contributed by atoms with Gasteiger partial charge >= 0.3 is 0 Å². The second-order valence-electron chi connectivity index (χ2n) is 5.63. The molecule has 0 saturated carbocycles. The van der Waals surface area contributed by atoms with E-state index in [4.69, 9.17) is 15.2 Å². The molecule has 0 radical (unpaired) electrons. The zero-order valence-corrected chi connectivity index (χ0v) is 14.9. The van der Waals surface area contributed by atoms with Crippen LogP contribution in [-0.4, -0.2) is 32.1 Å². The van der Waals surface area contributed by atoms with Crippen LogP contribution in [0, 0.1) is 5.82 Å². The number of carbonyl (C=O) groups is 2. The van der Waals surface area contributed by atoms with Gasteiger partial charge in [-0.3, -0.25) is 9.59 Å². The average Bonchev–Trinajstić information content (AvgIpc) is 2.66. The Bertz CT molecular complexity index is 836.